The van der Waals surface area contributed by atoms with Crippen LogP contribution in [0.4, 0.5) is 4.39 Å². The van der Waals surface area contributed by atoms with Crippen LogP contribution in [-0.2, 0) is 12.3 Å². The molecule has 0 aliphatic rings. The van der Waals surface area contributed by atoms with Crippen LogP contribution < -0.4 is 4.74 Å². The molecule has 7 heteroatoms. The Labute approximate surface area is 155 Å². The van der Waals surface area contributed by atoms with Gasteiger partial charge in [-0.25, -0.2) is 4.39 Å². The Bertz CT molecular complexity index is 885. The lowest BCUT2D eigenvalue weighted by Gasteiger charge is -2.10. The minimum Gasteiger partial charge on any atom is -0.496 e. The molecular weight excluding hydrogens is 361 g/mol. The second-order valence-electron chi connectivity index (χ2n) is 5.28. The van der Waals surface area contributed by atoms with Gasteiger partial charge < -0.3 is 9.30 Å². The van der Waals surface area contributed by atoms with Gasteiger partial charge in [-0.2, -0.15) is 0 Å². The zero-order chi connectivity index (χ0) is 17.8. The Kier molecular flexibility index (Phi) is 5.60. The lowest BCUT2D eigenvalue weighted by molar-refractivity contribution is 0.416. The van der Waals surface area contributed by atoms with Gasteiger partial charge in [0.05, 0.1) is 12.7 Å². The van der Waals surface area contributed by atoms with Gasteiger partial charge in [-0.3, -0.25) is 0 Å². The SMILES string of the molecule is CCn1c(SCc2ccc(F)cc2Cl)nnc1-c1ccccc1OC. The minimum absolute atomic E-state index is 0.339. The molecule has 0 amide bonds. The van der Waals surface area contributed by atoms with Gasteiger partial charge in [-0.1, -0.05) is 41.6 Å². The molecule has 4 nitrogen and oxygen atoms in total. The number of hydrogen-bond donors (Lipinski definition) is 0. The molecule has 0 saturated carbocycles. The van der Waals surface area contributed by atoms with E-state index in [1.807, 2.05) is 35.8 Å². The van der Waals surface area contributed by atoms with Crippen LogP contribution >= 0.6 is 23.4 Å². The molecule has 0 bridgehead atoms. The molecule has 0 saturated heterocycles. The van der Waals surface area contributed by atoms with Crippen LogP contribution in [-0.4, -0.2) is 21.9 Å². The van der Waals surface area contributed by atoms with Gasteiger partial charge in [0.15, 0.2) is 11.0 Å². The van der Waals surface area contributed by atoms with Gasteiger partial charge >= 0.3 is 0 Å². The van der Waals surface area contributed by atoms with Gasteiger partial charge in [0.25, 0.3) is 0 Å². The quantitative estimate of drug-likeness (QED) is 0.563. The summed E-state index contributed by atoms with van der Waals surface area (Å²) in [5.74, 6) is 1.76. The molecule has 1 heterocycles. The fourth-order valence-electron chi connectivity index (χ4n) is 2.49. The van der Waals surface area contributed by atoms with E-state index in [0.29, 0.717) is 10.8 Å². The number of hydrogen-bond acceptors (Lipinski definition) is 4. The summed E-state index contributed by atoms with van der Waals surface area (Å²) >= 11 is 7.61. The number of para-hydroxylation sites is 1. The Balaban J connectivity index is 1.87. The van der Waals surface area contributed by atoms with E-state index in [1.54, 1.807) is 13.2 Å². The van der Waals surface area contributed by atoms with E-state index in [4.69, 9.17) is 16.3 Å². The first-order chi connectivity index (χ1) is 12.1. The summed E-state index contributed by atoms with van der Waals surface area (Å²) in [6, 6.07) is 12.1. The largest absolute Gasteiger partial charge is 0.496 e. The summed E-state index contributed by atoms with van der Waals surface area (Å²) in [5, 5.41) is 9.84. The molecule has 130 valence electrons. The van der Waals surface area contributed by atoms with Crippen molar-refractivity contribution in [2.45, 2.75) is 24.4 Å². The molecular formula is C18H17ClFN3OS. The number of halogens is 2. The molecule has 0 spiro atoms. The van der Waals surface area contributed by atoms with E-state index in [1.165, 1.54) is 23.9 Å². The lowest BCUT2D eigenvalue weighted by atomic mass is 10.2. The molecule has 0 unspecified atom stereocenters. The fraction of sp³-hybridized carbons (Fsp3) is 0.222. The van der Waals surface area contributed by atoms with Gasteiger partial charge in [0.1, 0.15) is 11.6 Å². The number of benzene rings is 2. The number of thioether (sulfide) groups is 1. The van der Waals surface area contributed by atoms with Crippen molar-refractivity contribution in [2.75, 3.05) is 7.11 Å². The van der Waals surface area contributed by atoms with Gasteiger partial charge in [-0.15, -0.1) is 10.2 Å². The maximum absolute atomic E-state index is 13.2. The standard InChI is InChI=1S/C18H17ClFN3OS/c1-3-23-17(14-6-4-5-7-16(14)24-2)21-22-18(23)25-11-12-8-9-13(20)10-15(12)19/h4-10H,3,11H2,1-2H3. The third-order valence-corrected chi connectivity index (χ3v) is 5.12. The van der Waals surface area contributed by atoms with E-state index in [-0.39, 0.29) is 5.82 Å². The molecule has 0 N–H and O–H groups in total. The van der Waals surface area contributed by atoms with Crippen LogP contribution in [0.2, 0.25) is 5.02 Å². The number of ether oxygens (including phenoxy) is 1. The molecule has 3 aromatic rings. The maximum Gasteiger partial charge on any atom is 0.191 e. The number of nitrogens with zero attached hydrogens (tertiary/aromatic N) is 3. The number of aromatic nitrogens is 3. The van der Waals surface area contributed by atoms with Crippen molar-refractivity contribution in [2.24, 2.45) is 0 Å². The van der Waals surface area contributed by atoms with Crippen LogP contribution in [0.5, 0.6) is 5.75 Å². The first kappa shape index (κ1) is 17.8. The predicted molar refractivity (Wildman–Crippen MR) is 98.7 cm³/mol. The minimum atomic E-state index is -0.339. The molecule has 3 rings (SSSR count). The van der Waals surface area contributed by atoms with Crippen LogP contribution in [0.1, 0.15) is 12.5 Å². The van der Waals surface area contributed by atoms with Crippen molar-refractivity contribution in [1.82, 2.24) is 14.8 Å². The number of methoxy groups -OCH3 is 1. The molecule has 2 aromatic carbocycles. The summed E-state index contributed by atoms with van der Waals surface area (Å²) in [6.07, 6.45) is 0. The zero-order valence-electron chi connectivity index (χ0n) is 13.9. The third kappa shape index (κ3) is 3.80. The van der Waals surface area contributed by atoms with Crippen molar-refractivity contribution in [3.05, 3.63) is 58.9 Å². The average Bonchev–Trinajstić information content (AvgIpc) is 3.03. The van der Waals surface area contributed by atoms with E-state index < -0.39 is 0 Å². The highest BCUT2D eigenvalue weighted by molar-refractivity contribution is 7.98. The van der Waals surface area contributed by atoms with Gasteiger partial charge in [-0.05, 0) is 36.8 Å². The van der Waals surface area contributed by atoms with E-state index >= 15 is 0 Å². The molecule has 1 aromatic heterocycles. The lowest BCUT2D eigenvalue weighted by Crippen LogP contribution is -2.01. The van der Waals surface area contributed by atoms with Crippen molar-refractivity contribution in [1.29, 1.82) is 0 Å². The van der Waals surface area contributed by atoms with E-state index in [0.717, 1.165) is 34.4 Å². The topological polar surface area (TPSA) is 39.9 Å². The zero-order valence-corrected chi connectivity index (χ0v) is 15.4. The second-order valence-corrected chi connectivity index (χ2v) is 6.62. The van der Waals surface area contributed by atoms with Crippen molar-refractivity contribution in [3.63, 3.8) is 0 Å². The predicted octanol–water partition coefficient (Wildman–Crippen LogP) is 5.06. The summed E-state index contributed by atoms with van der Waals surface area (Å²) in [5.41, 5.74) is 1.75. The summed E-state index contributed by atoms with van der Waals surface area (Å²) < 4.78 is 20.6. The Hall–Kier alpha value is -2.05. The second kappa shape index (κ2) is 7.89. The van der Waals surface area contributed by atoms with Crippen molar-refractivity contribution >= 4 is 23.4 Å². The molecule has 0 radical (unpaired) electrons. The van der Waals surface area contributed by atoms with Crippen LogP contribution in [0.15, 0.2) is 47.6 Å². The summed E-state index contributed by atoms with van der Waals surface area (Å²) in [7, 11) is 1.64. The smallest absolute Gasteiger partial charge is 0.191 e. The molecule has 0 aliphatic heterocycles. The normalized spacial score (nSPS) is 10.9. The highest BCUT2D eigenvalue weighted by Crippen LogP contribution is 2.32. The van der Waals surface area contributed by atoms with E-state index in [2.05, 4.69) is 10.2 Å². The Morgan fingerprint density at radius 2 is 2.00 bits per heavy atom. The third-order valence-electron chi connectivity index (χ3n) is 3.75. The van der Waals surface area contributed by atoms with Crippen molar-refractivity contribution in [3.8, 4) is 17.1 Å². The number of rotatable bonds is 6. The highest BCUT2D eigenvalue weighted by Gasteiger charge is 2.16. The molecule has 25 heavy (non-hydrogen) atoms. The maximum atomic E-state index is 13.2. The van der Waals surface area contributed by atoms with Crippen LogP contribution in [0.25, 0.3) is 11.4 Å². The van der Waals surface area contributed by atoms with Gasteiger partial charge in [0, 0.05) is 17.3 Å². The Morgan fingerprint density at radius 1 is 1.20 bits per heavy atom. The van der Waals surface area contributed by atoms with Crippen molar-refractivity contribution < 1.29 is 9.13 Å². The summed E-state index contributed by atoms with van der Waals surface area (Å²) in [6.45, 7) is 2.76. The van der Waals surface area contributed by atoms with E-state index in [9.17, 15) is 4.39 Å². The molecule has 0 fully saturated rings. The fourth-order valence-corrected chi connectivity index (χ4v) is 3.81. The molecule has 0 aliphatic carbocycles. The summed E-state index contributed by atoms with van der Waals surface area (Å²) in [4.78, 5) is 0. The Morgan fingerprint density at radius 3 is 2.72 bits per heavy atom. The van der Waals surface area contributed by atoms with Gasteiger partial charge in [0.2, 0.25) is 0 Å². The molecule has 0 atom stereocenters. The average molecular weight is 378 g/mol. The first-order valence-corrected chi connectivity index (χ1v) is 9.13. The monoisotopic (exact) mass is 377 g/mol. The van der Waals surface area contributed by atoms with Crippen LogP contribution in [0.3, 0.4) is 0 Å². The van der Waals surface area contributed by atoms with Crippen LogP contribution in [0, 0.1) is 5.82 Å². The first-order valence-electron chi connectivity index (χ1n) is 7.77. The highest BCUT2D eigenvalue weighted by atomic mass is 35.5.